The third-order valence-corrected chi connectivity index (χ3v) is 8.38. The maximum Gasteiger partial charge on any atom is 0.244 e. The number of hydrogen-bond donors (Lipinski definition) is 1. The number of ether oxygens (including phenoxy) is 2. The number of nitrogens with zero attached hydrogens (tertiary/aromatic N) is 2. The first-order chi connectivity index (χ1) is 15.8. The Balaban J connectivity index is 1.52. The van der Waals surface area contributed by atoms with Gasteiger partial charge in [-0.3, -0.25) is 19.3 Å². The highest BCUT2D eigenvalue weighted by atomic mass is 32.2. The molecule has 0 aromatic heterocycles. The lowest BCUT2D eigenvalue weighted by Gasteiger charge is -2.26. The first-order valence-electron chi connectivity index (χ1n) is 11.3. The second kappa shape index (κ2) is 9.40. The van der Waals surface area contributed by atoms with Gasteiger partial charge >= 0.3 is 0 Å². The Morgan fingerprint density at radius 3 is 2.55 bits per heavy atom. The van der Waals surface area contributed by atoms with E-state index < -0.39 is 27.9 Å². The molecule has 2 saturated heterocycles. The van der Waals surface area contributed by atoms with E-state index in [0.717, 1.165) is 17.7 Å². The Morgan fingerprint density at radius 2 is 1.88 bits per heavy atom. The first-order valence-corrected chi connectivity index (χ1v) is 12.7. The van der Waals surface area contributed by atoms with Crippen LogP contribution in [0.1, 0.15) is 39.0 Å². The highest BCUT2D eigenvalue weighted by Crippen LogP contribution is 2.46. The summed E-state index contributed by atoms with van der Waals surface area (Å²) in [6.07, 6.45) is 3.30. The molecule has 10 nitrogen and oxygen atoms in total. The number of imide groups is 1. The van der Waals surface area contributed by atoms with E-state index in [1.807, 2.05) is 0 Å². The second-order valence-electron chi connectivity index (χ2n) is 8.60. The molecule has 33 heavy (non-hydrogen) atoms. The minimum atomic E-state index is -3.78. The van der Waals surface area contributed by atoms with Crippen LogP contribution in [-0.2, 0) is 29.1 Å². The summed E-state index contributed by atoms with van der Waals surface area (Å²) in [6, 6.07) is 4.27. The van der Waals surface area contributed by atoms with Gasteiger partial charge < -0.3 is 14.8 Å². The molecule has 1 aromatic rings. The number of anilines is 1. The zero-order valence-electron chi connectivity index (χ0n) is 18.7. The largest absolute Gasteiger partial charge is 0.492 e. The van der Waals surface area contributed by atoms with Crippen LogP contribution in [0.4, 0.5) is 5.69 Å². The number of likely N-dealkylation sites (tertiary alicyclic amines) is 1. The Morgan fingerprint density at radius 1 is 1.18 bits per heavy atom. The number of carbonyl (C=O) groups is 3. The number of rotatable bonds is 7. The van der Waals surface area contributed by atoms with Crippen molar-refractivity contribution in [3.8, 4) is 5.75 Å². The molecule has 1 aliphatic carbocycles. The van der Waals surface area contributed by atoms with E-state index in [1.54, 1.807) is 6.92 Å². The van der Waals surface area contributed by atoms with Crippen LogP contribution < -0.4 is 10.1 Å². The monoisotopic (exact) mass is 479 g/mol. The van der Waals surface area contributed by atoms with Crippen molar-refractivity contribution in [1.29, 1.82) is 0 Å². The summed E-state index contributed by atoms with van der Waals surface area (Å²) in [5, 5.41) is 2.64. The molecule has 0 radical (unpaired) electrons. The van der Waals surface area contributed by atoms with Gasteiger partial charge in [0.05, 0.1) is 35.8 Å². The molecule has 180 valence electrons. The van der Waals surface area contributed by atoms with Gasteiger partial charge in [-0.1, -0.05) is 12.8 Å². The lowest BCUT2D eigenvalue weighted by atomic mass is 9.84. The average molecular weight is 480 g/mol. The minimum Gasteiger partial charge on any atom is -0.492 e. The third kappa shape index (κ3) is 4.62. The highest BCUT2D eigenvalue weighted by molar-refractivity contribution is 7.89. The Bertz CT molecular complexity index is 1040. The van der Waals surface area contributed by atoms with E-state index in [0.29, 0.717) is 38.4 Å². The molecule has 1 N–H and O–H groups in total. The summed E-state index contributed by atoms with van der Waals surface area (Å²) in [5.41, 5.74) is -0.481. The Kier molecular flexibility index (Phi) is 6.73. The number of carbonyl (C=O) groups excluding carboxylic acids is 3. The fraction of sp³-hybridized carbons (Fsp3) is 0.591. The quantitative estimate of drug-likeness (QED) is 0.586. The topological polar surface area (TPSA) is 122 Å². The predicted octanol–water partition coefficient (Wildman–Crippen LogP) is 1.36. The fourth-order valence-corrected chi connectivity index (χ4v) is 6.22. The summed E-state index contributed by atoms with van der Waals surface area (Å²) in [7, 11) is -3.78. The number of benzene rings is 1. The summed E-state index contributed by atoms with van der Waals surface area (Å²) in [4.78, 5) is 39.2. The van der Waals surface area contributed by atoms with Crippen molar-refractivity contribution in [2.45, 2.75) is 43.9 Å². The average Bonchev–Trinajstić information content (AvgIpc) is 3.36. The van der Waals surface area contributed by atoms with Crippen LogP contribution in [0.5, 0.6) is 5.75 Å². The van der Waals surface area contributed by atoms with Gasteiger partial charge in [0.1, 0.15) is 12.3 Å². The minimum absolute atomic E-state index is 0.0152. The maximum absolute atomic E-state index is 13.0. The van der Waals surface area contributed by atoms with Crippen molar-refractivity contribution in [1.82, 2.24) is 9.21 Å². The summed E-state index contributed by atoms with van der Waals surface area (Å²) < 4.78 is 38.2. The standard InChI is InChI=1S/C22H29N3O7S/c1-2-32-18-6-5-16(33(29,30)24-9-11-31-12-10-24)13-17(18)23-19(26)15-25-20(27)14-22(21(25)28)7-3-4-8-22/h5-6,13H,2-4,7-12,14-15H2,1H3,(H,23,26). The SMILES string of the molecule is CCOc1ccc(S(=O)(=O)N2CCOCC2)cc1NC(=O)CN1C(=O)CC2(CCCC2)C1=O. The number of sulfonamides is 1. The summed E-state index contributed by atoms with van der Waals surface area (Å²) in [6.45, 7) is 2.80. The fourth-order valence-electron chi connectivity index (χ4n) is 4.78. The van der Waals surface area contributed by atoms with Crippen LogP contribution in [0.2, 0.25) is 0 Å². The van der Waals surface area contributed by atoms with Gasteiger partial charge in [-0.05, 0) is 38.0 Å². The van der Waals surface area contributed by atoms with Crippen molar-refractivity contribution >= 4 is 33.4 Å². The molecule has 1 aromatic carbocycles. The molecule has 3 fully saturated rings. The van der Waals surface area contributed by atoms with Gasteiger partial charge in [0, 0.05) is 19.5 Å². The first kappa shape index (κ1) is 23.7. The normalized spacial score (nSPS) is 21.1. The number of amides is 3. The van der Waals surface area contributed by atoms with Crippen LogP contribution in [0, 0.1) is 5.41 Å². The van der Waals surface area contributed by atoms with Gasteiger partial charge in [0.25, 0.3) is 0 Å². The van der Waals surface area contributed by atoms with Crippen molar-refractivity contribution < 1.29 is 32.3 Å². The van der Waals surface area contributed by atoms with Crippen LogP contribution >= 0.6 is 0 Å². The number of hydrogen-bond acceptors (Lipinski definition) is 7. The zero-order valence-corrected chi connectivity index (χ0v) is 19.5. The summed E-state index contributed by atoms with van der Waals surface area (Å²) in [5.74, 6) is -0.911. The van der Waals surface area contributed by atoms with E-state index in [4.69, 9.17) is 9.47 Å². The molecule has 1 spiro atoms. The Labute approximate surface area is 193 Å². The number of morpholine rings is 1. The molecule has 3 amide bonds. The summed E-state index contributed by atoms with van der Waals surface area (Å²) >= 11 is 0. The molecule has 3 aliphatic rings. The molecular formula is C22H29N3O7S. The lowest BCUT2D eigenvalue weighted by molar-refractivity contribution is -0.143. The smallest absolute Gasteiger partial charge is 0.244 e. The van der Waals surface area contributed by atoms with E-state index in [2.05, 4.69) is 5.32 Å². The molecule has 0 bridgehead atoms. The third-order valence-electron chi connectivity index (χ3n) is 6.48. The molecule has 0 atom stereocenters. The van der Waals surface area contributed by atoms with Crippen molar-refractivity contribution in [2.24, 2.45) is 5.41 Å². The molecule has 11 heteroatoms. The molecule has 4 rings (SSSR count). The number of nitrogens with one attached hydrogen (secondary N) is 1. The van der Waals surface area contributed by atoms with E-state index in [9.17, 15) is 22.8 Å². The van der Waals surface area contributed by atoms with Crippen molar-refractivity contribution in [3.63, 3.8) is 0 Å². The molecule has 1 saturated carbocycles. The maximum atomic E-state index is 13.0. The van der Waals surface area contributed by atoms with Gasteiger partial charge in [-0.2, -0.15) is 4.31 Å². The lowest BCUT2D eigenvalue weighted by Crippen LogP contribution is -2.40. The predicted molar refractivity (Wildman–Crippen MR) is 118 cm³/mol. The zero-order chi connectivity index (χ0) is 23.6. The molecule has 2 heterocycles. The van der Waals surface area contributed by atoms with Gasteiger partial charge in [0.2, 0.25) is 27.7 Å². The van der Waals surface area contributed by atoms with E-state index in [1.165, 1.54) is 22.5 Å². The van der Waals surface area contributed by atoms with Crippen LogP contribution in [-0.4, -0.2) is 74.8 Å². The van der Waals surface area contributed by atoms with E-state index >= 15 is 0 Å². The van der Waals surface area contributed by atoms with Gasteiger partial charge in [0.15, 0.2) is 0 Å². The van der Waals surface area contributed by atoms with Crippen LogP contribution in [0.15, 0.2) is 23.1 Å². The van der Waals surface area contributed by atoms with Crippen molar-refractivity contribution in [3.05, 3.63) is 18.2 Å². The van der Waals surface area contributed by atoms with E-state index in [-0.39, 0.29) is 41.9 Å². The van der Waals surface area contributed by atoms with Crippen LogP contribution in [0.25, 0.3) is 0 Å². The molecule has 2 aliphatic heterocycles. The second-order valence-corrected chi connectivity index (χ2v) is 10.5. The highest BCUT2D eigenvalue weighted by Gasteiger charge is 2.52. The van der Waals surface area contributed by atoms with Gasteiger partial charge in [-0.15, -0.1) is 0 Å². The molecular weight excluding hydrogens is 450 g/mol. The molecule has 0 unspecified atom stereocenters. The Hall–Kier alpha value is -2.50. The van der Waals surface area contributed by atoms with Crippen molar-refractivity contribution in [2.75, 3.05) is 44.8 Å². The van der Waals surface area contributed by atoms with Crippen LogP contribution in [0.3, 0.4) is 0 Å². The van der Waals surface area contributed by atoms with Gasteiger partial charge in [-0.25, -0.2) is 8.42 Å².